The topological polar surface area (TPSA) is 67.8 Å². The standard InChI is InChI=1S/C4H4F4O5/c5-1-11-2(4(6,7)8)12-13-3(9)10/h2H,1H2,(H,9,10)/p-1. The van der Waals surface area contributed by atoms with E-state index >= 15 is 0 Å². The van der Waals surface area contributed by atoms with Gasteiger partial charge in [-0.25, -0.2) is 9.28 Å². The molecule has 0 saturated heterocycles. The molecule has 0 heterocycles. The summed E-state index contributed by atoms with van der Waals surface area (Å²) in [6, 6.07) is 0. The fourth-order valence-electron chi connectivity index (χ4n) is 0.317. The van der Waals surface area contributed by atoms with Gasteiger partial charge in [0.15, 0.2) is 6.86 Å². The molecule has 0 spiro atoms. The average Bonchev–Trinajstić information content (AvgIpc) is 1.95. The largest absolute Gasteiger partial charge is 0.442 e. The van der Waals surface area contributed by atoms with Gasteiger partial charge in [-0.2, -0.15) is 13.2 Å². The molecule has 5 nitrogen and oxygen atoms in total. The average molecular weight is 207 g/mol. The van der Waals surface area contributed by atoms with E-state index in [1.165, 1.54) is 0 Å². The van der Waals surface area contributed by atoms with Crippen LogP contribution in [0.5, 0.6) is 0 Å². The molecule has 0 aromatic carbocycles. The molecule has 0 amide bonds. The molecule has 78 valence electrons. The molecule has 9 heteroatoms. The van der Waals surface area contributed by atoms with Crippen LogP contribution in [0.25, 0.3) is 0 Å². The van der Waals surface area contributed by atoms with Gasteiger partial charge in [-0.1, -0.05) is 0 Å². The lowest BCUT2D eigenvalue weighted by Gasteiger charge is -2.19. The highest BCUT2D eigenvalue weighted by Crippen LogP contribution is 2.23. The first-order valence-corrected chi connectivity index (χ1v) is 2.66. The Balaban J connectivity index is 4.02. The number of hydrogen-bond donors (Lipinski definition) is 0. The number of carbonyl (C=O) groups excluding carboxylic acids is 1. The smallest absolute Gasteiger partial charge is 0.424 e. The fraction of sp³-hybridized carbons (Fsp3) is 0.750. The van der Waals surface area contributed by atoms with Crippen molar-refractivity contribution in [2.45, 2.75) is 12.5 Å². The minimum Gasteiger partial charge on any atom is -0.424 e. The quantitative estimate of drug-likeness (QED) is 0.283. The van der Waals surface area contributed by atoms with Crippen molar-refractivity contribution in [3.05, 3.63) is 0 Å². The van der Waals surface area contributed by atoms with Crippen molar-refractivity contribution in [2.24, 2.45) is 0 Å². The minimum absolute atomic E-state index is 1.80. The Morgan fingerprint density at radius 1 is 1.46 bits per heavy atom. The first-order valence-electron chi connectivity index (χ1n) is 2.66. The number of rotatable bonds is 4. The van der Waals surface area contributed by atoms with Crippen LogP contribution >= 0.6 is 0 Å². The molecule has 13 heavy (non-hydrogen) atoms. The Labute approximate surface area is 68.7 Å². The summed E-state index contributed by atoms with van der Waals surface area (Å²) in [5, 5.41) is 9.46. The summed E-state index contributed by atoms with van der Waals surface area (Å²) in [5.41, 5.74) is 0. The zero-order valence-corrected chi connectivity index (χ0v) is 5.84. The number of carbonyl (C=O) groups is 1. The third kappa shape index (κ3) is 5.20. The Morgan fingerprint density at radius 3 is 2.31 bits per heavy atom. The van der Waals surface area contributed by atoms with E-state index in [1.807, 2.05) is 0 Å². The maximum absolute atomic E-state index is 11.6. The lowest BCUT2D eigenvalue weighted by Crippen LogP contribution is -2.37. The van der Waals surface area contributed by atoms with Crippen LogP contribution in [-0.2, 0) is 14.5 Å². The van der Waals surface area contributed by atoms with Gasteiger partial charge in [-0.3, -0.25) is 0 Å². The molecule has 0 aliphatic heterocycles. The molecule has 0 radical (unpaired) electrons. The van der Waals surface area contributed by atoms with Crippen LogP contribution in [0.3, 0.4) is 0 Å². The van der Waals surface area contributed by atoms with Crippen molar-refractivity contribution < 1.29 is 42.0 Å². The van der Waals surface area contributed by atoms with E-state index in [0.717, 1.165) is 0 Å². The second-order valence-corrected chi connectivity index (χ2v) is 1.58. The first kappa shape index (κ1) is 11.9. The normalized spacial score (nSPS) is 13.8. The number of carboxylic acid groups (broad SMARTS) is 1. The maximum Gasteiger partial charge on any atom is 0.442 e. The molecule has 0 N–H and O–H groups in total. The number of hydrogen-bond acceptors (Lipinski definition) is 5. The third-order valence-corrected chi connectivity index (χ3v) is 0.685. The van der Waals surface area contributed by atoms with Crippen LogP contribution in [0.1, 0.15) is 0 Å². The Morgan fingerprint density at radius 2 is 2.00 bits per heavy atom. The van der Waals surface area contributed by atoms with Gasteiger partial charge in [-0.05, 0) is 0 Å². The molecular formula is C4H3F4O5-. The highest BCUT2D eigenvalue weighted by molar-refractivity contribution is 5.52. The van der Waals surface area contributed by atoms with E-state index in [1.54, 1.807) is 0 Å². The number of alkyl halides is 4. The van der Waals surface area contributed by atoms with Crippen LogP contribution in [0, 0.1) is 0 Å². The second kappa shape index (κ2) is 4.82. The monoisotopic (exact) mass is 207 g/mol. The summed E-state index contributed by atoms with van der Waals surface area (Å²) in [6.45, 7) is -1.80. The lowest BCUT2D eigenvalue weighted by molar-refractivity contribution is -0.447. The molecular weight excluding hydrogens is 204 g/mol. The van der Waals surface area contributed by atoms with Gasteiger partial charge in [0.2, 0.25) is 0 Å². The third-order valence-electron chi connectivity index (χ3n) is 0.685. The Hall–Kier alpha value is -1.09. The summed E-state index contributed by atoms with van der Waals surface area (Å²) in [5.74, 6) is 0. The van der Waals surface area contributed by atoms with E-state index in [4.69, 9.17) is 0 Å². The molecule has 1 atom stereocenters. The van der Waals surface area contributed by atoms with Crippen molar-refractivity contribution in [3.63, 3.8) is 0 Å². The van der Waals surface area contributed by atoms with Crippen LogP contribution in [0.15, 0.2) is 0 Å². The lowest BCUT2D eigenvalue weighted by atomic mass is 10.6. The molecule has 1 unspecified atom stereocenters. The maximum atomic E-state index is 11.6. The molecule has 0 rings (SSSR count). The number of halogens is 4. The highest BCUT2D eigenvalue weighted by Gasteiger charge is 2.43. The molecule has 0 aliphatic carbocycles. The molecule has 0 fully saturated rings. The molecule has 0 aromatic heterocycles. The van der Waals surface area contributed by atoms with E-state index in [9.17, 15) is 27.5 Å². The predicted octanol–water partition coefficient (Wildman–Crippen LogP) is 0.110. The summed E-state index contributed by atoms with van der Waals surface area (Å²) in [4.78, 5) is 15.6. The Kier molecular flexibility index (Phi) is 4.42. The molecule has 0 aliphatic rings. The fourth-order valence-corrected chi connectivity index (χ4v) is 0.317. The second-order valence-electron chi connectivity index (χ2n) is 1.58. The summed E-state index contributed by atoms with van der Waals surface area (Å²) < 4.78 is 49.5. The van der Waals surface area contributed by atoms with E-state index in [0.29, 0.717) is 0 Å². The molecule has 0 saturated carbocycles. The minimum atomic E-state index is -5.10. The summed E-state index contributed by atoms with van der Waals surface area (Å²) >= 11 is 0. The first-order chi connectivity index (χ1) is 5.88. The van der Waals surface area contributed by atoms with Crippen LogP contribution in [0.4, 0.5) is 22.4 Å². The highest BCUT2D eigenvalue weighted by atomic mass is 19.4. The van der Waals surface area contributed by atoms with Gasteiger partial charge >= 0.3 is 6.18 Å². The van der Waals surface area contributed by atoms with Crippen LogP contribution in [0.2, 0.25) is 0 Å². The SMILES string of the molecule is O=C([O-])OOC(OCF)C(F)(F)F. The van der Waals surface area contributed by atoms with Gasteiger partial charge in [0, 0.05) is 0 Å². The van der Waals surface area contributed by atoms with Crippen LogP contribution < -0.4 is 5.11 Å². The van der Waals surface area contributed by atoms with E-state index in [-0.39, 0.29) is 0 Å². The van der Waals surface area contributed by atoms with Gasteiger partial charge in [0.05, 0.1) is 0 Å². The van der Waals surface area contributed by atoms with Crippen molar-refractivity contribution >= 4 is 6.16 Å². The van der Waals surface area contributed by atoms with Crippen molar-refractivity contribution in [3.8, 4) is 0 Å². The molecule has 0 aromatic rings. The van der Waals surface area contributed by atoms with Gasteiger partial charge in [-0.15, -0.1) is 0 Å². The van der Waals surface area contributed by atoms with Crippen molar-refractivity contribution in [1.29, 1.82) is 0 Å². The zero-order chi connectivity index (χ0) is 10.5. The summed E-state index contributed by atoms with van der Waals surface area (Å²) in [6.07, 6.45) is -10.5. The Bertz CT molecular complexity index is 168. The van der Waals surface area contributed by atoms with Gasteiger partial charge in [0.1, 0.15) is 0 Å². The predicted molar refractivity (Wildman–Crippen MR) is 24.5 cm³/mol. The van der Waals surface area contributed by atoms with E-state index < -0.39 is 25.5 Å². The molecule has 0 bridgehead atoms. The van der Waals surface area contributed by atoms with E-state index in [2.05, 4.69) is 14.5 Å². The van der Waals surface area contributed by atoms with Gasteiger partial charge < -0.3 is 19.5 Å². The van der Waals surface area contributed by atoms with Crippen LogP contribution in [-0.4, -0.2) is 25.5 Å². The van der Waals surface area contributed by atoms with Gasteiger partial charge in [0.25, 0.3) is 12.4 Å². The zero-order valence-electron chi connectivity index (χ0n) is 5.84. The summed E-state index contributed by atoms with van der Waals surface area (Å²) in [7, 11) is 0. The number of ether oxygens (including phenoxy) is 1. The van der Waals surface area contributed by atoms with Crippen molar-refractivity contribution in [1.82, 2.24) is 0 Å². The van der Waals surface area contributed by atoms with Crippen molar-refractivity contribution in [2.75, 3.05) is 6.86 Å².